The monoisotopic (exact) mass is 128 g/mol. The zero-order valence-corrected chi connectivity index (χ0v) is 4.71. The van der Waals surface area contributed by atoms with Crippen LogP contribution in [0.5, 0.6) is 0 Å². The normalized spacial score (nSPS) is 5.56. The van der Waals surface area contributed by atoms with Gasteiger partial charge in [-0.2, -0.15) is 0 Å². The Hall–Kier alpha value is -0.463. The van der Waals surface area contributed by atoms with Crippen LogP contribution in [0.4, 0.5) is 4.79 Å². The molecule has 0 bridgehead atoms. The predicted molar refractivity (Wildman–Crippen MR) is 34.2 cm³/mol. The molecule has 0 saturated heterocycles. The Morgan fingerprint density at radius 2 is 1.11 bits per heavy atom. The molecule has 0 aliphatic heterocycles. The van der Waals surface area contributed by atoms with Crippen molar-refractivity contribution in [3.8, 4) is 0 Å². The van der Waals surface area contributed by atoms with Gasteiger partial charge in [-0.1, -0.05) is 0 Å². The summed E-state index contributed by atoms with van der Waals surface area (Å²) >= 11 is 0. The maximum atomic E-state index is 9.44. The summed E-state index contributed by atoms with van der Waals surface area (Å²) in [6.45, 7) is 3.06. The Labute approximate surface area is 65.0 Å². The SMILES string of the molecule is CC(C)=O.O=C(O)O.[LiH]. The summed E-state index contributed by atoms with van der Waals surface area (Å²) in [6, 6.07) is 0. The summed E-state index contributed by atoms with van der Waals surface area (Å²) < 4.78 is 0. The molecule has 5 heteroatoms. The van der Waals surface area contributed by atoms with Crippen molar-refractivity contribution in [1.82, 2.24) is 0 Å². The molecule has 0 spiro atoms. The van der Waals surface area contributed by atoms with Crippen molar-refractivity contribution in [2.75, 3.05) is 0 Å². The van der Waals surface area contributed by atoms with Crippen LogP contribution in [0.25, 0.3) is 0 Å². The average molecular weight is 128 g/mol. The average Bonchev–Trinajstić information content (AvgIpc) is 1.25. The standard InChI is InChI=1S/C3H6O.CH2O3.Li.H/c1-3(2)4;2-1(3)4;;/h1-2H3;(H2,2,3,4);;. The Morgan fingerprint density at radius 1 is 1.11 bits per heavy atom. The minimum absolute atomic E-state index is 0. The first-order valence-corrected chi connectivity index (χ1v) is 1.86. The number of carbonyl (C=O) groups excluding carboxylic acids is 1. The summed E-state index contributed by atoms with van der Waals surface area (Å²) in [7, 11) is 0. The van der Waals surface area contributed by atoms with Crippen molar-refractivity contribution >= 4 is 30.8 Å². The van der Waals surface area contributed by atoms with Crippen molar-refractivity contribution in [1.29, 1.82) is 0 Å². The zero-order chi connectivity index (χ0) is 7.15. The molecule has 2 N–H and O–H groups in total. The third kappa shape index (κ3) is 1080. The molecule has 0 aromatic carbocycles. The van der Waals surface area contributed by atoms with Gasteiger partial charge in [-0.25, -0.2) is 4.79 Å². The molecule has 4 nitrogen and oxygen atoms in total. The van der Waals surface area contributed by atoms with Crippen LogP contribution in [-0.2, 0) is 4.79 Å². The van der Waals surface area contributed by atoms with Crippen LogP contribution in [0.3, 0.4) is 0 Å². The fourth-order valence-electron chi connectivity index (χ4n) is 0. The predicted octanol–water partition coefficient (Wildman–Crippen LogP) is 0.169. The van der Waals surface area contributed by atoms with E-state index in [9.17, 15) is 4.79 Å². The van der Waals surface area contributed by atoms with E-state index in [4.69, 9.17) is 15.0 Å². The van der Waals surface area contributed by atoms with E-state index in [2.05, 4.69) is 0 Å². The summed E-state index contributed by atoms with van der Waals surface area (Å²) in [5.74, 6) is 0.167. The first-order chi connectivity index (χ1) is 3.46. The number of carbonyl (C=O) groups is 2. The van der Waals surface area contributed by atoms with E-state index in [0.29, 0.717) is 0 Å². The maximum absolute atomic E-state index is 9.44. The van der Waals surface area contributed by atoms with Crippen LogP contribution in [0, 0.1) is 0 Å². The van der Waals surface area contributed by atoms with Gasteiger partial charge in [0.25, 0.3) is 0 Å². The van der Waals surface area contributed by atoms with Gasteiger partial charge < -0.3 is 15.0 Å². The first kappa shape index (κ1) is 15.8. The molecule has 0 aliphatic carbocycles. The van der Waals surface area contributed by atoms with Crippen LogP contribution in [0.2, 0.25) is 0 Å². The van der Waals surface area contributed by atoms with Crippen molar-refractivity contribution in [3.05, 3.63) is 0 Å². The number of carboxylic acid groups (broad SMARTS) is 2. The molecule has 0 radical (unpaired) electrons. The topological polar surface area (TPSA) is 74.6 Å². The quantitative estimate of drug-likeness (QED) is 0.456. The van der Waals surface area contributed by atoms with Crippen LogP contribution < -0.4 is 0 Å². The minimum atomic E-state index is -1.83. The number of ketones is 1. The second kappa shape index (κ2) is 10.5. The first-order valence-electron chi connectivity index (χ1n) is 1.86. The van der Waals surface area contributed by atoms with Gasteiger partial charge in [0.15, 0.2) is 0 Å². The van der Waals surface area contributed by atoms with E-state index < -0.39 is 6.16 Å². The molecule has 0 unspecified atom stereocenters. The van der Waals surface area contributed by atoms with Crippen LogP contribution >= 0.6 is 0 Å². The van der Waals surface area contributed by atoms with E-state index >= 15 is 0 Å². The Kier molecular flexibility index (Phi) is 18.5. The van der Waals surface area contributed by atoms with Crippen molar-refractivity contribution < 1.29 is 19.8 Å². The van der Waals surface area contributed by atoms with Crippen molar-refractivity contribution in [2.24, 2.45) is 0 Å². The Bertz CT molecular complexity index is 70.6. The molecule has 0 fully saturated rings. The zero-order valence-electron chi connectivity index (χ0n) is 4.71. The van der Waals surface area contributed by atoms with Crippen molar-refractivity contribution in [2.45, 2.75) is 13.8 Å². The summed E-state index contributed by atoms with van der Waals surface area (Å²) in [4.78, 5) is 18.0. The Morgan fingerprint density at radius 3 is 1.11 bits per heavy atom. The molecular formula is C4H9LiO4. The molecule has 0 amide bonds. The molecule has 0 saturated carbocycles. The van der Waals surface area contributed by atoms with Gasteiger partial charge in [-0.15, -0.1) is 0 Å². The second-order valence-corrected chi connectivity index (χ2v) is 1.19. The fourth-order valence-corrected chi connectivity index (χ4v) is 0. The summed E-state index contributed by atoms with van der Waals surface area (Å²) in [5.41, 5.74) is 0. The van der Waals surface area contributed by atoms with Crippen LogP contribution in [0.15, 0.2) is 0 Å². The van der Waals surface area contributed by atoms with E-state index in [1.54, 1.807) is 0 Å². The molecular weight excluding hydrogens is 119 g/mol. The summed E-state index contributed by atoms with van der Waals surface area (Å²) in [6.07, 6.45) is -1.83. The number of hydrogen-bond donors (Lipinski definition) is 2. The molecule has 9 heavy (non-hydrogen) atoms. The molecule has 50 valence electrons. The van der Waals surface area contributed by atoms with Crippen LogP contribution in [-0.4, -0.2) is 41.0 Å². The molecule has 0 aromatic rings. The van der Waals surface area contributed by atoms with Gasteiger partial charge in [0.1, 0.15) is 5.78 Å². The van der Waals surface area contributed by atoms with Gasteiger partial charge in [0, 0.05) is 0 Å². The van der Waals surface area contributed by atoms with E-state index in [0.717, 1.165) is 0 Å². The summed E-state index contributed by atoms with van der Waals surface area (Å²) in [5, 5.41) is 13.9. The number of Topliss-reactive ketones (excluding diaryl/α,β-unsaturated/α-hetero) is 1. The van der Waals surface area contributed by atoms with Gasteiger partial charge in [0.2, 0.25) is 0 Å². The Balaban J connectivity index is -0.0000000720. The van der Waals surface area contributed by atoms with Gasteiger partial charge >= 0.3 is 25.0 Å². The fraction of sp³-hybridized carbons (Fsp3) is 0.500. The van der Waals surface area contributed by atoms with E-state index in [1.165, 1.54) is 13.8 Å². The third-order valence-corrected chi connectivity index (χ3v) is 0. The van der Waals surface area contributed by atoms with Gasteiger partial charge in [-0.3, -0.25) is 0 Å². The molecule has 0 aromatic heterocycles. The molecule has 0 rings (SSSR count). The van der Waals surface area contributed by atoms with Gasteiger partial charge in [-0.05, 0) is 13.8 Å². The molecule has 0 heterocycles. The third-order valence-electron chi connectivity index (χ3n) is 0. The molecule has 0 atom stereocenters. The second-order valence-electron chi connectivity index (χ2n) is 1.19. The van der Waals surface area contributed by atoms with Crippen LogP contribution in [0.1, 0.15) is 13.8 Å². The molecule has 0 aliphatic rings. The number of hydrogen-bond acceptors (Lipinski definition) is 2. The van der Waals surface area contributed by atoms with E-state index in [1.807, 2.05) is 0 Å². The van der Waals surface area contributed by atoms with E-state index in [-0.39, 0.29) is 24.6 Å². The number of rotatable bonds is 0. The van der Waals surface area contributed by atoms with Gasteiger partial charge in [0.05, 0.1) is 0 Å². The van der Waals surface area contributed by atoms with Crippen molar-refractivity contribution in [3.63, 3.8) is 0 Å².